The van der Waals surface area contributed by atoms with Crippen molar-refractivity contribution in [1.82, 2.24) is 24.9 Å². The highest BCUT2D eigenvalue weighted by Crippen LogP contribution is 2.36. The van der Waals surface area contributed by atoms with Gasteiger partial charge in [0, 0.05) is 55.8 Å². The van der Waals surface area contributed by atoms with E-state index in [1.807, 2.05) is 102 Å². The number of halogens is 3. The summed E-state index contributed by atoms with van der Waals surface area (Å²) in [4.78, 5) is 20.0. The second kappa shape index (κ2) is 17.7. The van der Waals surface area contributed by atoms with Crippen LogP contribution in [0, 0.1) is 19.7 Å². The lowest BCUT2D eigenvalue weighted by molar-refractivity contribution is 0.581. The van der Waals surface area contributed by atoms with Crippen LogP contribution >= 0.6 is 57.2 Å². The number of H-pyrrole nitrogens is 2. The first-order chi connectivity index (χ1) is 30.2. The van der Waals surface area contributed by atoms with E-state index in [0.717, 1.165) is 93.3 Å². The van der Waals surface area contributed by atoms with Crippen molar-refractivity contribution >= 4 is 90.1 Å². The number of aryl methyl sites for hydroxylation is 2. The number of thiazole rings is 3. The molecule has 0 aliphatic carbocycles. The maximum atomic E-state index is 13.5. The van der Waals surface area contributed by atoms with E-state index in [0.29, 0.717) is 16.7 Å². The first-order valence-corrected chi connectivity index (χ1v) is 22.4. The Morgan fingerprint density at radius 3 is 1.65 bits per heavy atom. The molecule has 0 spiro atoms. The van der Waals surface area contributed by atoms with Crippen molar-refractivity contribution in [3.05, 3.63) is 159 Å². The Kier molecular flexibility index (Phi) is 11.8. The van der Waals surface area contributed by atoms with Gasteiger partial charge in [0.15, 0.2) is 28.0 Å². The molecule has 0 saturated carbocycles. The maximum absolute atomic E-state index is 13.5. The Labute approximate surface area is 381 Å². The van der Waals surface area contributed by atoms with Crippen LogP contribution in [-0.2, 0) is 0 Å². The van der Waals surface area contributed by atoms with Crippen molar-refractivity contribution in [2.24, 2.45) is 0 Å². The SMILES string of the molecule is C.Cc1cc2oc(-c3csc(-c4ccc[nH]4)n3)cc2cc1Cl.Cc1ccc2cc(-c3csc(-c4ccco4)n3)oc2c1.Fc1cc2cc(-c3csc(-c4ccc[nH]4)n3)oc2cc1Cl. The molecule has 0 unspecified atom stereocenters. The highest BCUT2D eigenvalue weighted by atomic mass is 35.5. The van der Waals surface area contributed by atoms with E-state index in [9.17, 15) is 4.39 Å². The van der Waals surface area contributed by atoms with Crippen LogP contribution < -0.4 is 0 Å². The van der Waals surface area contributed by atoms with Crippen LogP contribution in [0.1, 0.15) is 18.6 Å². The summed E-state index contributed by atoms with van der Waals surface area (Å²) in [6.07, 6.45) is 5.39. The molecule has 63 heavy (non-hydrogen) atoms. The minimum atomic E-state index is -0.457. The van der Waals surface area contributed by atoms with Gasteiger partial charge in [-0.1, -0.05) is 42.8 Å². The lowest BCUT2D eigenvalue weighted by Crippen LogP contribution is -1.76. The van der Waals surface area contributed by atoms with Crippen LogP contribution in [0.15, 0.2) is 150 Å². The Morgan fingerprint density at radius 2 is 1.08 bits per heavy atom. The van der Waals surface area contributed by atoms with Crippen LogP contribution in [-0.4, -0.2) is 24.9 Å². The lowest BCUT2D eigenvalue weighted by Gasteiger charge is -1.95. The fourth-order valence-corrected chi connectivity index (χ4v) is 9.26. The van der Waals surface area contributed by atoms with Crippen LogP contribution in [0.4, 0.5) is 4.39 Å². The molecular formula is C48H34Cl2FN5O4S3. The summed E-state index contributed by atoms with van der Waals surface area (Å²) in [7, 11) is 0. The number of hydrogen-bond acceptors (Lipinski definition) is 10. The average Bonchev–Trinajstić information content (AvgIpc) is 4.12. The molecule has 0 fully saturated rings. The number of nitrogens with zero attached hydrogens (tertiary/aromatic N) is 3. The third kappa shape index (κ3) is 8.79. The first-order valence-electron chi connectivity index (χ1n) is 19.0. The number of hydrogen-bond donors (Lipinski definition) is 2. The van der Waals surface area contributed by atoms with Gasteiger partial charge in [0.05, 0.1) is 22.7 Å². The van der Waals surface area contributed by atoms with Gasteiger partial charge in [-0.2, -0.15) is 0 Å². The van der Waals surface area contributed by atoms with Gasteiger partial charge in [-0.25, -0.2) is 19.3 Å². The predicted octanol–water partition coefficient (Wildman–Crippen LogP) is 16.6. The molecule has 0 aliphatic heterocycles. The number of aromatic nitrogens is 5. The molecule has 2 N–H and O–H groups in total. The summed E-state index contributed by atoms with van der Waals surface area (Å²) in [5, 5.41) is 12.1. The normalized spacial score (nSPS) is 11.1. The highest BCUT2D eigenvalue weighted by Gasteiger charge is 2.16. The van der Waals surface area contributed by atoms with Crippen LogP contribution in [0.25, 0.3) is 99.4 Å². The molecule has 12 rings (SSSR count). The van der Waals surface area contributed by atoms with Crippen molar-refractivity contribution in [3.63, 3.8) is 0 Å². The van der Waals surface area contributed by atoms with Crippen LogP contribution in [0.3, 0.4) is 0 Å². The summed E-state index contributed by atoms with van der Waals surface area (Å²) in [5.41, 5.74) is 8.85. The van der Waals surface area contributed by atoms with Crippen molar-refractivity contribution < 1.29 is 22.1 Å². The zero-order valence-electron chi connectivity index (χ0n) is 32.5. The zero-order chi connectivity index (χ0) is 42.3. The van der Waals surface area contributed by atoms with E-state index < -0.39 is 5.82 Å². The minimum absolute atomic E-state index is 0. The Hall–Kier alpha value is -6.48. The predicted molar refractivity (Wildman–Crippen MR) is 255 cm³/mol. The van der Waals surface area contributed by atoms with E-state index in [1.165, 1.54) is 29.0 Å². The molecule has 0 amide bonds. The van der Waals surface area contributed by atoms with E-state index in [4.69, 9.17) is 40.9 Å². The topological polar surface area (TPSA) is 123 Å². The van der Waals surface area contributed by atoms with E-state index in [-0.39, 0.29) is 12.4 Å². The fourth-order valence-electron chi connectivity index (χ4n) is 6.56. The van der Waals surface area contributed by atoms with Gasteiger partial charge in [0.1, 0.15) is 49.7 Å². The molecule has 0 bridgehead atoms. The second-order valence-electron chi connectivity index (χ2n) is 14.1. The molecule has 0 aliphatic rings. The summed E-state index contributed by atoms with van der Waals surface area (Å²) in [6, 6.07) is 30.3. The Bertz CT molecular complexity index is 3220. The van der Waals surface area contributed by atoms with E-state index in [2.05, 4.69) is 44.0 Å². The standard InChI is InChI=1S/C16H11ClN2OS.C16H11NO2S.C15H8ClFN2OS.CH4/c1-9-5-14-10(6-11(9)17)7-15(20-14)13-8-21-16(19-13)12-3-2-4-18-12;1-10-4-5-11-8-15(19-14(11)7-10)12-9-20-16(17-12)13-3-2-6-18-13;16-9-6-13-8(4-10(9)17)5-14(20-13)12-7-21-15(19-12)11-2-1-3-18-11;/h2-8,18H,1H3;2-9H,1H3;1-7,18H;1H4. The van der Waals surface area contributed by atoms with Crippen LogP contribution in [0.5, 0.6) is 0 Å². The molecule has 0 atom stereocenters. The molecule has 3 aromatic carbocycles. The highest BCUT2D eigenvalue weighted by molar-refractivity contribution is 7.14. The fraction of sp³-hybridized carbons (Fsp3) is 0.0625. The molecule has 9 nitrogen and oxygen atoms in total. The molecule has 9 aromatic heterocycles. The number of nitrogens with one attached hydrogen (secondary N) is 2. The summed E-state index contributed by atoms with van der Waals surface area (Å²) in [6.45, 7) is 4.02. The summed E-state index contributed by atoms with van der Waals surface area (Å²) >= 11 is 16.6. The van der Waals surface area contributed by atoms with E-state index in [1.54, 1.807) is 35.0 Å². The quantitative estimate of drug-likeness (QED) is 0.170. The van der Waals surface area contributed by atoms with Gasteiger partial charge in [-0.05, 0) is 104 Å². The monoisotopic (exact) mass is 929 g/mol. The van der Waals surface area contributed by atoms with Crippen molar-refractivity contribution in [1.29, 1.82) is 0 Å². The molecule has 314 valence electrons. The third-order valence-electron chi connectivity index (χ3n) is 9.69. The number of furan rings is 4. The van der Waals surface area contributed by atoms with Gasteiger partial charge in [-0.3, -0.25) is 0 Å². The molecule has 12 aromatic rings. The van der Waals surface area contributed by atoms with Gasteiger partial charge in [0.2, 0.25) is 0 Å². The summed E-state index contributed by atoms with van der Waals surface area (Å²) < 4.78 is 36.3. The first kappa shape index (κ1) is 41.9. The largest absolute Gasteiger partial charge is 0.462 e. The molecule has 0 radical (unpaired) electrons. The summed E-state index contributed by atoms with van der Waals surface area (Å²) in [5.74, 6) is 2.48. The molecular weight excluding hydrogens is 897 g/mol. The van der Waals surface area contributed by atoms with Crippen molar-refractivity contribution in [3.8, 4) is 66.5 Å². The van der Waals surface area contributed by atoms with Crippen molar-refractivity contribution in [2.75, 3.05) is 0 Å². The molecule has 0 saturated heterocycles. The molecule has 9 heterocycles. The Morgan fingerprint density at radius 1 is 0.540 bits per heavy atom. The minimum Gasteiger partial charge on any atom is -0.462 e. The number of rotatable bonds is 6. The van der Waals surface area contributed by atoms with Gasteiger partial charge in [0.25, 0.3) is 0 Å². The van der Waals surface area contributed by atoms with Gasteiger partial charge < -0.3 is 27.6 Å². The number of benzene rings is 3. The van der Waals surface area contributed by atoms with Crippen molar-refractivity contribution in [2.45, 2.75) is 21.3 Å². The van der Waals surface area contributed by atoms with Gasteiger partial charge >= 0.3 is 0 Å². The maximum Gasteiger partial charge on any atom is 0.162 e. The van der Waals surface area contributed by atoms with Gasteiger partial charge in [-0.15, -0.1) is 34.0 Å². The Balaban J connectivity index is 0.000000119. The lowest BCUT2D eigenvalue weighted by atomic mass is 10.2. The zero-order valence-corrected chi connectivity index (χ0v) is 36.5. The molecule has 15 heteroatoms. The average molecular weight is 931 g/mol. The third-order valence-corrected chi connectivity index (χ3v) is 13.0. The van der Waals surface area contributed by atoms with E-state index >= 15 is 0 Å². The van der Waals surface area contributed by atoms with Crippen LogP contribution in [0.2, 0.25) is 10.0 Å². The second-order valence-corrected chi connectivity index (χ2v) is 17.5. The number of aromatic amines is 2. The number of fused-ring (bicyclic) bond motifs is 3. The smallest absolute Gasteiger partial charge is 0.162 e.